The summed E-state index contributed by atoms with van der Waals surface area (Å²) in [6, 6.07) is 6.37. The lowest BCUT2D eigenvalue weighted by Crippen LogP contribution is -2.35. The van der Waals surface area contributed by atoms with Gasteiger partial charge in [0.1, 0.15) is 0 Å². The van der Waals surface area contributed by atoms with Gasteiger partial charge in [-0.15, -0.1) is 0 Å². The second-order valence-corrected chi connectivity index (χ2v) is 6.29. The molecule has 0 aliphatic carbocycles. The number of nitrogens with two attached hydrogens (primary N) is 1. The minimum absolute atomic E-state index is 0.148. The lowest BCUT2D eigenvalue weighted by Gasteiger charge is -2.15. The van der Waals surface area contributed by atoms with Gasteiger partial charge in [-0.2, -0.15) is 0 Å². The van der Waals surface area contributed by atoms with Crippen molar-refractivity contribution >= 4 is 10.0 Å². The van der Waals surface area contributed by atoms with Gasteiger partial charge in [-0.1, -0.05) is 12.1 Å². The van der Waals surface area contributed by atoms with E-state index in [1.165, 1.54) is 20.3 Å². The molecule has 20 heavy (non-hydrogen) atoms. The maximum absolute atomic E-state index is 12.2. The van der Waals surface area contributed by atoms with Crippen LogP contribution in [0.4, 0.5) is 0 Å². The molecular formula is C13H22N2O4S. The monoisotopic (exact) mass is 302 g/mol. The lowest BCUT2D eigenvalue weighted by molar-refractivity contribution is 0.0320. The van der Waals surface area contributed by atoms with Crippen LogP contribution >= 0.6 is 0 Å². The molecular weight excluding hydrogens is 280 g/mol. The van der Waals surface area contributed by atoms with Gasteiger partial charge in [-0.3, -0.25) is 0 Å². The fraction of sp³-hybridized carbons (Fsp3) is 0.538. The zero-order chi connectivity index (χ0) is 15.2. The molecule has 0 aromatic heterocycles. The van der Waals surface area contributed by atoms with Crippen LogP contribution in [0.25, 0.3) is 0 Å². The van der Waals surface area contributed by atoms with E-state index < -0.39 is 10.0 Å². The summed E-state index contributed by atoms with van der Waals surface area (Å²) in [5.74, 6) is 0. The maximum Gasteiger partial charge on any atom is 0.240 e. The van der Waals surface area contributed by atoms with E-state index in [4.69, 9.17) is 15.2 Å². The molecule has 0 spiro atoms. The smallest absolute Gasteiger partial charge is 0.240 e. The minimum atomic E-state index is -3.58. The van der Waals surface area contributed by atoms with Crippen LogP contribution < -0.4 is 10.5 Å². The third-order valence-electron chi connectivity index (χ3n) is 2.88. The number of ether oxygens (including phenoxy) is 2. The van der Waals surface area contributed by atoms with Gasteiger partial charge in [-0.25, -0.2) is 13.1 Å². The molecule has 0 aliphatic rings. The van der Waals surface area contributed by atoms with Crippen LogP contribution in [0.2, 0.25) is 0 Å². The van der Waals surface area contributed by atoms with E-state index in [9.17, 15) is 8.42 Å². The van der Waals surface area contributed by atoms with Gasteiger partial charge in [0.05, 0.1) is 17.6 Å². The average molecular weight is 302 g/mol. The molecule has 0 radical (unpaired) electrons. The number of methoxy groups -OCH3 is 2. The van der Waals surface area contributed by atoms with Crippen molar-refractivity contribution in [3.05, 3.63) is 29.8 Å². The molecule has 0 bridgehead atoms. The first-order valence-electron chi connectivity index (χ1n) is 6.27. The first-order valence-corrected chi connectivity index (χ1v) is 7.76. The number of nitrogens with one attached hydrogen (secondary N) is 1. The second-order valence-electron chi connectivity index (χ2n) is 4.53. The number of hydrogen-bond acceptors (Lipinski definition) is 5. The van der Waals surface area contributed by atoms with Crippen LogP contribution in [0.3, 0.4) is 0 Å². The highest BCUT2D eigenvalue weighted by Gasteiger charge is 2.17. The molecule has 0 heterocycles. The van der Waals surface area contributed by atoms with Crippen LogP contribution in [0.15, 0.2) is 29.2 Å². The molecule has 1 aromatic carbocycles. The summed E-state index contributed by atoms with van der Waals surface area (Å²) >= 11 is 0. The quantitative estimate of drug-likeness (QED) is 0.735. The molecule has 114 valence electrons. The van der Waals surface area contributed by atoms with Crippen LogP contribution in [0.1, 0.15) is 18.5 Å². The predicted molar refractivity (Wildman–Crippen MR) is 76.9 cm³/mol. The highest BCUT2D eigenvalue weighted by molar-refractivity contribution is 7.89. The highest BCUT2D eigenvalue weighted by Crippen LogP contribution is 2.15. The molecule has 0 amide bonds. The third kappa shape index (κ3) is 4.84. The number of rotatable bonds is 8. The van der Waals surface area contributed by atoms with Gasteiger partial charge >= 0.3 is 0 Å². The molecule has 1 rings (SSSR count). The zero-order valence-electron chi connectivity index (χ0n) is 12.0. The summed E-state index contributed by atoms with van der Waals surface area (Å²) in [6.45, 7) is 2.27. The summed E-state index contributed by atoms with van der Waals surface area (Å²) in [4.78, 5) is 0.194. The average Bonchev–Trinajstić information content (AvgIpc) is 2.43. The Morgan fingerprint density at radius 2 is 2.05 bits per heavy atom. The largest absolute Gasteiger partial charge is 0.382 e. The predicted octanol–water partition coefficient (Wildman–Crippen LogP) is 0.646. The van der Waals surface area contributed by atoms with Crippen molar-refractivity contribution in [2.24, 2.45) is 5.73 Å². The lowest BCUT2D eigenvalue weighted by atomic mass is 10.1. The maximum atomic E-state index is 12.2. The van der Waals surface area contributed by atoms with Crippen LogP contribution in [-0.4, -0.2) is 41.9 Å². The summed E-state index contributed by atoms with van der Waals surface area (Å²) in [5.41, 5.74) is 6.53. The molecule has 6 nitrogen and oxygen atoms in total. The van der Waals surface area contributed by atoms with Crippen molar-refractivity contribution in [1.29, 1.82) is 0 Å². The van der Waals surface area contributed by atoms with Gasteiger partial charge < -0.3 is 15.2 Å². The molecule has 1 aromatic rings. The molecule has 7 heteroatoms. The number of hydrogen-bond donors (Lipinski definition) is 2. The highest BCUT2D eigenvalue weighted by atomic mass is 32.2. The first-order chi connectivity index (χ1) is 9.40. The van der Waals surface area contributed by atoms with Gasteiger partial charge in [-0.05, 0) is 24.6 Å². The Morgan fingerprint density at radius 3 is 2.60 bits per heavy atom. The van der Waals surface area contributed by atoms with Crippen molar-refractivity contribution in [1.82, 2.24) is 4.72 Å². The standard InChI is InChI=1S/C13H22N2O4S/c1-10(14)11-5-4-6-13(7-11)20(16,17)15-8-12(19-3)9-18-2/h4-7,10,12,15H,8-9,14H2,1-3H3. The molecule has 0 saturated carbocycles. The summed E-state index contributed by atoms with van der Waals surface area (Å²) in [7, 11) is -0.538. The van der Waals surface area contributed by atoms with E-state index in [0.29, 0.717) is 6.61 Å². The van der Waals surface area contributed by atoms with E-state index in [-0.39, 0.29) is 23.6 Å². The zero-order valence-corrected chi connectivity index (χ0v) is 12.8. The molecule has 3 N–H and O–H groups in total. The Balaban J connectivity index is 2.80. The number of sulfonamides is 1. The van der Waals surface area contributed by atoms with E-state index in [1.54, 1.807) is 25.1 Å². The topological polar surface area (TPSA) is 90.7 Å². The van der Waals surface area contributed by atoms with Crippen LogP contribution in [0, 0.1) is 0 Å². The molecule has 2 atom stereocenters. The Bertz CT molecular complexity index is 517. The van der Waals surface area contributed by atoms with Crippen molar-refractivity contribution in [2.75, 3.05) is 27.4 Å². The Kier molecular flexibility index (Phi) is 6.57. The van der Waals surface area contributed by atoms with Gasteiger partial charge in [0, 0.05) is 26.8 Å². The summed E-state index contributed by atoms with van der Waals surface area (Å²) < 4.78 is 36.9. The fourth-order valence-electron chi connectivity index (χ4n) is 1.65. The third-order valence-corrected chi connectivity index (χ3v) is 4.30. The minimum Gasteiger partial charge on any atom is -0.382 e. The molecule has 0 saturated heterocycles. The van der Waals surface area contributed by atoms with Crippen LogP contribution in [0.5, 0.6) is 0 Å². The van der Waals surface area contributed by atoms with Crippen LogP contribution in [-0.2, 0) is 19.5 Å². The SMILES string of the molecule is COCC(CNS(=O)(=O)c1cccc(C(C)N)c1)OC. The van der Waals surface area contributed by atoms with E-state index in [0.717, 1.165) is 5.56 Å². The van der Waals surface area contributed by atoms with Crippen molar-refractivity contribution < 1.29 is 17.9 Å². The van der Waals surface area contributed by atoms with E-state index in [1.807, 2.05) is 0 Å². The van der Waals surface area contributed by atoms with E-state index >= 15 is 0 Å². The van der Waals surface area contributed by atoms with Gasteiger partial charge in [0.15, 0.2) is 0 Å². The first kappa shape index (κ1) is 17.1. The summed E-state index contributed by atoms with van der Waals surface area (Å²) in [6.07, 6.45) is -0.327. The number of benzene rings is 1. The van der Waals surface area contributed by atoms with Gasteiger partial charge in [0.2, 0.25) is 10.0 Å². The Morgan fingerprint density at radius 1 is 1.35 bits per heavy atom. The second kappa shape index (κ2) is 7.70. The normalized spacial score (nSPS) is 15.0. The van der Waals surface area contributed by atoms with Gasteiger partial charge in [0.25, 0.3) is 0 Å². The van der Waals surface area contributed by atoms with Crippen molar-refractivity contribution in [3.8, 4) is 0 Å². The van der Waals surface area contributed by atoms with Crippen molar-refractivity contribution in [2.45, 2.75) is 24.0 Å². The van der Waals surface area contributed by atoms with E-state index in [2.05, 4.69) is 4.72 Å². The van der Waals surface area contributed by atoms with Crippen molar-refractivity contribution in [3.63, 3.8) is 0 Å². The molecule has 2 unspecified atom stereocenters. The summed E-state index contributed by atoms with van der Waals surface area (Å²) in [5, 5.41) is 0. The molecule has 0 aliphatic heterocycles. The molecule has 0 fully saturated rings. The fourth-order valence-corrected chi connectivity index (χ4v) is 2.77. The Hall–Kier alpha value is -0.990. The Labute approximate surface area is 120 Å².